The van der Waals surface area contributed by atoms with Crippen molar-refractivity contribution in [3.05, 3.63) is 22.5 Å². The van der Waals surface area contributed by atoms with E-state index in [1.807, 2.05) is 13.8 Å². The maximum atomic E-state index is 13.4. The van der Waals surface area contributed by atoms with Crippen LogP contribution in [0, 0.1) is 0 Å². The van der Waals surface area contributed by atoms with Crippen LogP contribution in [-0.4, -0.2) is 82.5 Å². The summed E-state index contributed by atoms with van der Waals surface area (Å²) in [4.78, 5) is 26.8. The number of carbonyl (C=O) groups excluding carboxylic acids is 2. The van der Waals surface area contributed by atoms with E-state index in [0.717, 1.165) is 112 Å². The van der Waals surface area contributed by atoms with E-state index in [2.05, 4.69) is 44.3 Å². The molecule has 0 aliphatic carbocycles. The number of unbranched alkanes of at least 4 members (excludes halogenated alkanes) is 18. The van der Waals surface area contributed by atoms with Crippen molar-refractivity contribution in [1.29, 1.82) is 0 Å². The first kappa shape index (κ1) is 45.5. The van der Waals surface area contributed by atoms with Gasteiger partial charge in [0.15, 0.2) is 0 Å². The van der Waals surface area contributed by atoms with Gasteiger partial charge in [0.05, 0.1) is 48.8 Å². The highest BCUT2D eigenvalue weighted by atomic mass is 16.5. The molecule has 4 N–H and O–H groups in total. The van der Waals surface area contributed by atoms with Crippen molar-refractivity contribution in [3.63, 3.8) is 0 Å². The molecular formula is C49H84N6O4+2. The summed E-state index contributed by atoms with van der Waals surface area (Å²) >= 11 is 0. The van der Waals surface area contributed by atoms with Crippen LogP contribution in [0.4, 0.5) is 0 Å². The molecule has 59 heavy (non-hydrogen) atoms. The quantitative estimate of drug-likeness (QED) is 0.0352. The third kappa shape index (κ3) is 12.5. The molecule has 10 heteroatoms. The fourth-order valence-corrected chi connectivity index (χ4v) is 11.2. The molecule has 6 rings (SSSR count). The van der Waals surface area contributed by atoms with Gasteiger partial charge in [0.2, 0.25) is 0 Å². The van der Waals surface area contributed by atoms with Crippen LogP contribution >= 0.6 is 0 Å². The summed E-state index contributed by atoms with van der Waals surface area (Å²) in [7, 11) is 0. The Hall–Kier alpha value is -3.04. The second-order valence-electron chi connectivity index (χ2n) is 19.1. The van der Waals surface area contributed by atoms with Crippen molar-refractivity contribution in [3.8, 4) is 0 Å². The zero-order valence-electron chi connectivity index (χ0n) is 37.9. The molecule has 0 aromatic rings. The van der Waals surface area contributed by atoms with Gasteiger partial charge in [0.1, 0.15) is 23.2 Å². The first-order valence-electron chi connectivity index (χ1n) is 25.0. The second-order valence-corrected chi connectivity index (χ2v) is 19.1. The number of hydrogen-bond donors (Lipinski definition) is 4. The van der Waals surface area contributed by atoms with E-state index in [1.54, 1.807) is 0 Å². The van der Waals surface area contributed by atoms with Gasteiger partial charge >= 0.3 is 23.9 Å². The number of nitrogens with zero attached hydrogens (tertiary/aromatic N) is 2. The van der Waals surface area contributed by atoms with Crippen LogP contribution < -0.4 is 21.3 Å². The van der Waals surface area contributed by atoms with Crippen LogP contribution in [0.3, 0.4) is 0 Å². The molecule has 10 nitrogen and oxygen atoms in total. The molecule has 0 saturated carbocycles. The van der Waals surface area contributed by atoms with Crippen LogP contribution in [0.5, 0.6) is 0 Å². The van der Waals surface area contributed by atoms with E-state index in [9.17, 15) is 9.59 Å². The molecule has 2 saturated heterocycles. The zero-order valence-corrected chi connectivity index (χ0v) is 37.9. The van der Waals surface area contributed by atoms with Crippen molar-refractivity contribution in [1.82, 2.24) is 21.3 Å². The van der Waals surface area contributed by atoms with Crippen molar-refractivity contribution in [2.45, 2.75) is 250 Å². The van der Waals surface area contributed by atoms with Crippen molar-refractivity contribution in [2.75, 3.05) is 13.2 Å². The molecule has 6 aliphatic heterocycles. The highest BCUT2D eigenvalue weighted by molar-refractivity contribution is 5.94. The fraction of sp³-hybridized carbons (Fsp3) is 0.837. The SMILES string of the molecule is CCCCCCCCCC[C@H]1C[C@H]2CC[C@H]3C(C(=O)OCCCCCCCCOC(=O)C4=C(C)NC5=[N+]6[C@H](CC[C@@H]46)C[C@H](CCCCCCCCC)N5)=C(C)NC(=[N+]23)N1. The summed E-state index contributed by atoms with van der Waals surface area (Å²) in [6.45, 7) is 9.57. The summed E-state index contributed by atoms with van der Waals surface area (Å²) in [5, 5.41) is 14.8. The highest BCUT2D eigenvalue weighted by Gasteiger charge is 2.49. The lowest BCUT2D eigenvalue weighted by Gasteiger charge is -2.33. The smallest absolute Gasteiger partial charge is 0.351 e. The van der Waals surface area contributed by atoms with Gasteiger partial charge in [-0.25, -0.2) is 20.2 Å². The van der Waals surface area contributed by atoms with Crippen LogP contribution in [-0.2, 0) is 19.1 Å². The van der Waals surface area contributed by atoms with E-state index in [4.69, 9.17) is 9.47 Å². The van der Waals surface area contributed by atoms with Gasteiger partial charge in [-0.05, 0) is 65.2 Å². The summed E-state index contributed by atoms with van der Waals surface area (Å²) in [6, 6.07) is 2.27. The minimum atomic E-state index is -0.151. The maximum absolute atomic E-state index is 13.4. The predicted molar refractivity (Wildman–Crippen MR) is 238 cm³/mol. The van der Waals surface area contributed by atoms with Crippen LogP contribution in [0.25, 0.3) is 0 Å². The van der Waals surface area contributed by atoms with Gasteiger partial charge < -0.3 is 9.47 Å². The summed E-state index contributed by atoms with van der Waals surface area (Å²) in [5.74, 6) is 1.91. The van der Waals surface area contributed by atoms with Gasteiger partial charge in [0.25, 0.3) is 0 Å². The Bertz CT molecular complexity index is 1520. The standard InChI is InChI=1S/C49H82N6O4/c1-5-7-9-11-13-15-19-23-27-39-35-41-29-31-43-45(37(4)51-49(53-39)55(41)43)47(57)59-33-25-21-17-16-20-24-32-58-46(56)44-36(3)50-48-52-38(26-22-18-14-12-10-8-6-2)34-40-28-30-42(44)54(40)48/h38-43H,5-35H2,1-4H3,(H2,50,51,52,53,56,57)/p+2/t38-,39-,40+,41+,42-,43-/m0/s1. The van der Waals surface area contributed by atoms with E-state index >= 15 is 0 Å². The van der Waals surface area contributed by atoms with Gasteiger partial charge in [0, 0.05) is 12.8 Å². The molecular weight excluding hydrogens is 737 g/mol. The molecule has 0 bridgehead atoms. The molecule has 0 amide bonds. The summed E-state index contributed by atoms with van der Waals surface area (Å²) in [6.07, 6.45) is 35.4. The van der Waals surface area contributed by atoms with Crippen LogP contribution in [0.1, 0.15) is 214 Å². The average Bonchev–Trinajstić information content (AvgIpc) is 3.84. The number of rotatable bonds is 28. The Morgan fingerprint density at radius 3 is 1.25 bits per heavy atom. The minimum absolute atomic E-state index is 0.119. The van der Waals surface area contributed by atoms with E-state index in [1.165, 1.54) is 109 Å². The van der Waals surface area contributed by atoms with Crippen LogP contribution in [0.2, 0.25) is 0 Å². The number of carbonyl (C=O) groups is 2. The van der Waals surface area contributed by atoms with Gasteiger partial charge in [-0.1, -0.05) is 136 Å². The van der Waals surface area contributed by atoms with E-state index in [-0.39, 0.29) is 24.0 Å². The third-order valence-electron chi connectivity index (χ3n) is 14.4. The number of ether oxygens (including phenoxy) is 2. The second kappa shape index (κ2) is 23.8. The molecule has 0 radical (unpaired) electrons. The Morgan fingerprint density at radius 2 is 0.864 bits per heavy atom. The van der Waals surface area contributed by atoms with E-state index < -0.39 is 0 Å². The van der Waals surface area contributed by atoms with Gasteiger partial charge in [-0.15, -0.1) is 0 Å². The zero-order chi connectivity index (χ0) is 41.4. The Balaban J connectivity index is 0.809. The molecule has 0 aromatic carbocycles. The molecule has 6 aliphatic rings. The Labute approximate surface area is 358 Å². The lowest BCUT2D eigenvalue weighted by Crippen LogP contribution is -2.59. The lowest BCUT2D eigenvalue weighted by atomic mass is 9.97. The monoisotopic (exact) mass is 821 g/mol. The summed E-state index contributed by atoms with van der Waals surface area (Å²) in [5.41, 5.74) is 3.54. The third-order valence-corrected chi connectivity index (χ3v) is 14.4. The largest absolute Gasteiger partial charge is 0.462 e. The van der Waals surface area contributed by atoms with Gasteiger partial charge in [-0.2, -0.15) is 0 Å². The molecule has 0 aromatic heterocycles. The number of hydrogen-bond acceptors (Lipinski definition) is 8. The molecule has 6 heterocycles. The highest BCUT2D eigenvalue weighted by Crippen LogP contribution is 2.36. The lowest BCUT2D eigenvalue weighted by molar-refractivity contribution is -0.581. The Morgan fingerprint density at radius 1 is 0.508 bits per heavy atom. The molecule has 332 valence electrons. The maximum Gasteiger partial charge on any atom is 0.351 e. The first-order valence-corrected chi connectivity index (χ1v) is 25.0. The predicted octanol–water partition coefficient (Wildman–Crippen LogP) is 9.36. The minimum Gasteiger partial charge on any atom is -0.462 e. The van der Waals surface area contributed by atoms with Gasteiger partial charge in [-0.3, -0.25) is 19.8 Å². The van der Waals surface area contributed by atoms with Crippen molar-refractivity contribution >= 4 is 23.9 Å². The topological polar surface area (TPSA) is 107 Å². The normalized spacial score (nSPS) is 25.6. The van der Waals surface area contributed by atoms with Crippen molar-refractivity contribution < 1.29 is 28.2 Å². The number of guanidine groups is 2. The van der Waals surface area contributed by atoms with Crippen molar-refractivity contribution in [2.24, 2.45) is 0 Å². The molecule has 2 fully saturated rings. The Kier molecular flexibility index (Phi) is 18.4. The number of allylic oxidation sites excluding steroid dienone is 2. The van der Waals surface area contributed by atoms with E-state index in [0.29, 0.717) is 37.4 Å². The molecule has 0 unspecified atom stereocenters. The fourth-order valence-electron chi connectivity index (χ4n) is 11.2. The first-order chi connectivity index (χ1) is 28.9. The molecule has 0 spiro atoms. The molecule has 6 atom stereocenters. The number of nitrogens with one attached hydrogen (secondary N) is 4. The summed E-state index contributed by atoms with van der Waals surface area (Å²) < 4.78 is 16.6. The number of esters is 2. The van der Waals surface area contributed by atoms with Crippen LogP contribution in [0.15, 0.2) is 22.5 Å². The average molecular weight is 821 g/mol.